The van der Waals surface area contributed by atoms with Crippen LogP contribution in [0.3, 0.4) is 0 Å². The number of esters is 1. The maximum absolute atomic E-state index is 12.2. The number of thioether (sulfide) groups is 1. The maximum atomic E-state index is 12.2. The van der Waals surface area contributed by atoms with Gasteiger partial charge in [-0.3, -0.25) is 4.79 Å². The number of aliphatic imine (C=N–C) groups is 1. The molecule has 0 aromatic heterocycles. The number of carbonyl (C=O) groups is 2. The van der Waals surface area contributed by atoms with Crippen molar-refractivity contribution in [2.45, 2.75) is 0 Å². The van der Waals surface area contributed by atoms with Crippen molar-refractivity contribution in [1.29, 1.82) is 0 Å². The van der Waals surface area contributed by atoms with E-state index in [2.05, 4.69) is 26.2 Å². The first-order chi connectivity index (χ1) is 14.6. The van der Waals surface area contributed by atoms with Gasteiger partial charge in [-0.2, -0.15) is 0 Å². The Morgan fingerprint density at radius 2 is 1.77 bits per heavy atom. The molecule has 1 saturated heterocycles. The van der Waals surface area contributed by atoms with E-state index in [0.29, 0.717) is 21.4 Å². The first kappa shape index (κ1) is 20.1. The lowest BCUT2D eigenvalue weighted by Gasteiger charge is -2.05. The Hall–Kier alpha value is -3.16. The van der Waals surface area contributed by atoms with Crippen molar-refractivity contribution in [3.8, 4) is 5.75 Å². The highest BCUT2D eigenvalue weighted by Crippen LogP contribution is 2.28. The van der Waals surface area contributed by atoms with Gasteiger partial charge in [0.1, 0.15) is 5.75 Å². The van der Waals surface area contributed by atoms with E-state index in [1.54, 1.807) is 48.5 Å². The summed E-state index contributed by atoms with van der Waals surface area (Å²) in [5, 5.41) is 3.30. The Balaban J connectivity index is 1.44. The molecular weight excluding hydrogens is 464 g/mol. The molecule has 4 rings (SSSR count). The molecule has 0 unspecified atom stereocenters. The van der Waals surface area contributed by atoms with Crippen LogP contribution in [-0.4, -0.2) is 17.0 Å². The van der Waals surface area contributed by atoms with E-state index in [-0.39, 0.29) is 5.91 Å². The van der Waals surface area contributed by atoms with Crippen LogP contribution in [0.25, 0.3) is 6.08 Å². The zero-order chi connectivity index (χ0) is 20.9. The van der Waals surface area contributed by atoms with Gasteiger partial charge in [-0.1, -0.05) is 52.3 Å². The Bertz CT molecular complexity index is 1160. The molecule has 0 radical (unpaired) electrons. The molecule has 0 aliphatic carbocycles. The van der Waals surface area contributed by atoms with Crippen LogP contribution in [-0.2, 0) is 4.79 Å². The molecule has 7 heteroatoms. The second kappa shape index (κ2) is 9.11. The SMILES string of the molecule is O=C1NC(=Nc2ccccc2)SC1=Cc1ccc(OC(=O)c2cccc(Br)c2)cc1. The summed E-state index contributed by atoms with van der Waals surface area (Å²) >= 11 is 4.62. The Labute approximate surface area is 186 Å². The van der Waals surface area contributed by atoms with E-state index in [4.69, 9.17) is 4.74 Å². The van der Waals surface area contributed by atoms with Crippen LogP contribution in [0.2, 0.25) is 0 Å². The monoisotopic (exact) mass is 478 g/mol. The number of amidine groups is 1. The normalized spacial score (nSPS) is 16.0. The summed E-state index contributed by atoms with van der Waals surface area (Å²) in [6, 6.07) is 23.4. The number of amides is 1. The second-order valence-electron chi connectivity index (χ2n) is 6.29. The van der Waals surface area contributed by atoms with E-state index in [1.165, 1.54) is 11.8 Å². The molecular formula is C23H15BrN2O3S. The summed E-state index contributed by atoms with van der Waals surface area (Å²) in [6.07, 6.45) is 1.77. The zero-order valence-electron chi connectivity index (χ0n) is 15.5. The number of hydrogen-bond donors (Lipinski definition) is 1. The largest absolute Gasteiger partial charge is 0.423 e. The first-order valence-corrected chi connectivity index (χ1v) is 10.6. The van der Waals surface area contributed by atoms with E-state index in [0.717, 1.165) is 15.7 Å². The first-order valence-electron chi connectivity index (χ1n) is 8.99. The third-order valence-corrected chi connectivity index (χ3v) is 5.49. The zero-order valence-corrected chi connectivity index (χ0v) is 17.9. The number of para-hydroxylation sites is 1. The molecule has 0 saturated carbocycles. The number of ether oxygens (including phenoxy) is 1. The van der Waals surface area contributed by atoms with Gasteiger partial charge in [0.15, 0.2) is 5.17 Å². The third-order valence-electron chi connectivity index (χ3n) is 4.09. The van der Waals surface area contributed by atoms with Crippen LogP contribution in [0.4, 0.5) is 5.69 Å². The molecule has 148 valence electrons. The number of halogens is 1. The molecule has 0 atom stereocenters. The van der Waals surface area contributed by atoms with E-state index in [1.807, 2.05) is 36.4 Å². The third kappa shape index (κ3) is 5.06. The predicted molar refractivity (Wildman–Crippen MR) is 123 cm³/mol. The molecule has 0 spiro atoms. The summed E-state index contributed by atoms with van der Waals surface area (Å²) in [5.41, 5.74) is 2.05. The molecule has 1 N–H and O–H groups in total. The van der Waals surface area contributed by atoms with Crippen LogP contribution < -0.4 is 10.1 Å². The molecule has 5 nitrogen and oxygen atoms in total. The average molecular weight is 479 g/mol. The molecule has 0 bridgehead atoms. The second-order valence-corrected chi connectivity index (χ2v) is 8.23. The minimum absolute atomic E-state index is 0.195. The summed E-state index contributed by atoms with van der Waals surface area (Å²) in [7, 11) is 0. The van der Waals surface area contributed by atoms with Crippen LogP contribution in [0.5, 0.6) is 5.75 Å². The molecule has 1 fully saturated rings. The van der Waals surface area contributed by atoms with Gasteiger partial charge in [0.05, 0.1) is 16.2 Å². The van der Waals surface area contributed by atoms with Crippen LogP contribution in [0, 0.1) is 0 Å². The van der Waals surface area contributed by atoms with Crippen LogP contribution in [0.15, 0.2) is 93.2 Å². The van der Waals surface area contributed by atoms with E-state index in [9.17, 15) is 9.59 Å². The van der Waals surface area contributed by atoms with Gasteiger partial charge in [-0.25, -0.2) is 9.79 Å². The van der Waals surface area contributed by atoms with Gasteiger partial charge in [0.25, 0.3) is 5.91 Å². The van der Waals surface area contributed by atoms with Gasteiger partial charge < -0.3 is 10.1 Å². The highest BCUT2D eigenvalue weighted by Gasteiger charge is 2.23. The molecule has 3 aromatic carbocycles. The maximum Gasteiger partial charge on any atom is 0.343 e. The average Bonchev–Trinajstić information content (AvgIpc) is 3.08. The lowest BCUT2D eigenvalue weighted by atomic mass is 10.2. The van der Waals surface area contributed by atoms with Gasteiger partial charge >= 0.3 is 5.97 Å². The van der Waals surface area contributed by atoms with Crippen molar-refractivity contribution in [2.75, 3.05) is 0 Å². The quantitative estimate of drug-likeness (QED) is 0.302. The minimum atomic E-state index is -0.435. The Kier molecular flexibility index (Phi) is 6.11. The van der Waals surface area contributed by atoms with E-state index >= 15 is 0 Å². The van der Waals surface area contributed by atoms with Crippen molar-refractivity contribution in [3.63, 3.8) is 0 Å². The van der Waals surface area contributed by atoms with E-state index < -0.39 is 5.97 Å². The summed E-state index contributed by atoms with van der Waals surface area (Å²) in [4.78, 5) is 29.4. The standard InChI is InChI=1S/C23H15BrN2O3S/c24-17-6-4-5-16(14-17)22(28)29-19-11-9-15(10-12-19)13-20-21(27)26-23(30-20)25-18-7-2-1-3-8-18/h1-14H,(H,25,26,27). The van der Waals surface area contributed by atoms with Crippen molar-refractivity contribution in [3.05, 3.63) is 99.4 Å². The van der Waals surface area contributed by atoms with Crippen molar-refractivity contribution >= 4 is 56.5 Å². The van der Waals surface area contributed by atoms with Crippen LogP contribution in [0.1, 0.15) is 15.9 Å². The van der Waals surface area contributed by atoms with Gasteiger partial charge in [0, 0.05) is 4.47 Å². The molecule has 1 heterocycles. The van der Waals surface area contributed by atoms with Gasteiger partial charge in [-0.05, 0) is 65.9 Å². The fourth-order valence-electron chi connectivity index (χ4n) is 2.67. The van der Waals surface area contributed by atoms with Crippen molar-refractivity contribution in [1.82, 2.24) is 5.32 Å². The Morgan fingerprint density at radius 3 is 2.50 bits per heavy atom. The molecule has 3 aromatic rings. The number of nitrogens with one attached hydrogen (secondary N) is 1. The molecule has 1 amide bonds. The molecule has 1 aliphatic heterocycles. The fourth-order valence-corrected chi connectivity index (χ4v) is 3.91. The predicted octanol–water partition coefficient (Wildman–Crippen LogP) is 5.56. The number of nitrogens with zero attached hydrogens (tertiary/aromatic N) is 1. The van der Waals surface area contributed by atoms with Crippen LogP contribution >= 0.6 is 27.7 Å². The summed E-state index contributed by atoms with van der Waals surface area (Å²) in [6.45, 7) is 0. The fraction of sp³-hybridized carbons (Fsp3) is 0. The topological polar surface area (TPSA) is 67.8 Å². The minimum Gasteiger partial charge on any atom is -0.423 e. The highest BCUT2D eigenvalue weighted by molar-refractivity contribution is 9.10. The lowest BCUT2D eigenvalue weighted by molar-refractivity contribution is -0.115. The number of carbonyl (C=O) groups excluding carboxylic acids is 2. The highest BCUT2D eigenvalue weighted by atomic mass is 79.9. The Morgan fingerprint density at radius 1 is 1.00 bits per heavy atom. The smallest absolute Gasteiger partial charge is 0.343 e. The van der Waals surface area contributed by atoms with Gasteiger partial charge in [-0.15, -0.1) is 0 Å². The molecule has 1 aliphatic rings. The van der Waals surface area contributed by atoms with Crippen molar-refractivity contribution in [2.24, 2.45) is 4.99 Å². The number of benzene rings is 3. The lowest BCUT2D eigenvalue weighted by Crippen LogP contribution is -2.19. The number of rotatable bonds is 4. The summed E-state index contributed by atoms with van der Waals surface area (Å²) in [5.74, 6) is -0.202. The van der Waals surface area contributed by atoms with Gasteiger partial charge in [0.2, 0.25) is 0 Å². The van der Waals surface area contributed by atoms with Crippen molar-refractivity contribution < 1.29 is 14.3 Å². The number of hydrogen-bond acceptors (Lipinski definition) is 5. The summed E-state index contributed by atoms with van der Waals surface area (Å²) < 4.78 is 6.21. The molecule has 30 heavy (non-hydrogen) atoms.